The molecule has 0 bridgehead atoms. The van der Waals surface area contributed by atoms with Crippen LogP contribution in [0.25, 0.3) is 0 Å². The molecule has 0 saturated carbocycles. The Morgan fingerprint density at radius 2 is 1.81 bits per heavy atom. The SMILES string of the molecule is COC(=O)[C@H]1N=C(c2ccc(OC)cc2)O[C@H]1c1c(Br)cccc1OC. The Hall–Kier alpha value is -2.54. The topological polar surface area (TPSA) is 66.4 Å². The van der Waals surface area contributed by atoms with Crippen LogP contribution in [0, 0.1) is 0 Å². The first-order valence-corrected chi connectivity index (χ1v) is 8.67. The second-order valence-electron chi connectivity index (χ2n) is 5.52. The third-order valence-corrected chi connectivity index (χ3v) is 4.77. The summed E-state index contributed by atoms with van der Waals surface area (Å²) >= 11 is 3.51. The van der Waals surface area contributed by atoms with Gasteiger partial charge in [0.05, 0.1) is 26.9 Å². The summed E-state index contributed by atoms with van der Waals surface area (Å²) in [4.78, 5) is 16.8. The summed E-state index contributed by atoms with van der Waals surface area (Å²) < 4.78 is 22.4. The van der Waals surface area contributed by atoms with E-state index in [0.717, 1.165) is 15.8 Å². The van der Waals surface area contributed by atoms with Gasteiger partial charge in [-0.2, -0.15) is 0 Å². The van der Waals surface area contributed by atoms with Crippen LogP contribution < -0.4 is 9.47 Å². The van der Waals surface area contributed by atoms with Gasteiger partial charge in [0.15, 0.2) is 12.1 Å². The standard InChI is InChI=1S/C19H18BrNO5/c1-23-12-9-7-11(8-10-12)18-21-16(19(22)25-3)17(26-18)15-13(20)5-4-6-14(15)24-2/h4-10,16-17H,1-3H3/t16-,17-/m0/s1. The van der Waals surface area contributed by atoms with Gasteiger partial charge in [0, 0.05) is 10.0 Å². The molecule has 0 N–H and O–H groups in total. The second-order valence-corrected chi connectivity index (χ2v) is 6.38. The van der Waals surface area contributed by atoms with Gasteiger partial charge in [-0.05, 0) is 36.4 Å². The second kappa shape index (κ2) is 7.78. The van der Waals surface area contributed by atoms with Gasteiger partial charge >= 0.3 is 5.97 Å². The van der Waals surface area contributed by atoms with E-state index in [1.807, 2.05) is 30.3 Å². The van der Waals surface area contributed by atoms with E-state index in [4.69, 9.17) is 18.9 Å². The summed E-state index contributed by atoms with van der Waals surface area (Å²) in [6.07, 6.45) is -0.662. The smallest absolute Gasteiger partial charge is 0.335 e. The molecule has 0 fully saturated rings. The van der Waals surface area contributed by atoms with Crippen molar-refractivity contribution in [2.75, 3.05) is 21.3 Å². The molecule has 0 aliphatic carbocycles. The van der Waals surface area contributed by atoms with Crippen LogP contribution >= 0.6 is 15.9 Å². The lowest BCUT2D eigenvalue weighted by molar-refractivity contribution is -0.143. The molecule has 1 aliphatic heterocycles. The third-order valence-electron chi connectivity index (χ3n) is 4.08. The van der Waals surface area contributed by atoms with Crippen molar-refractivity contribution in [2.45, 2.75) is 12.1 Å². The Morgan fingerprint density at radius 3 is 2.42 bits per heavy atom. The van der Waals surface area contributed by atoms with E-state index in [2.05, 4.69) is 20.9 Å². The number of halogens is 1. The van der Waals surface area contributed by atoms with Crippen LogP contribution in [0.3, 0.4) is 0 Å². The minimum Gasteiger partial charge on any atom is -0.497 e. The lowest BCUT2D eigenvalue weighted by Crippen LogP contribution is -2.26. The largest absolute Gasteiger partial charge is 0.497 e. The summed E-state index contributed by atoms with van der Waals surface area (Å²) in [5, 5.41) is 0. The number of rotatable bonds is 5. The van der Waals surface area contributed by atoms with E-state index in [0.29, 0.717) is 17.2 Å². The first-order chi connectivity index (χ1) is 12.6. The van der Waals surface area contributed by atoms with Gasteiger partial charge in [-0.3, -0.25) is 0 Å². The van der Waals surface area contributed by atoms with Crippen LogP contribution in [0.2, 0.25) is 0 Å². The monoisotopic (exact) mass is 419 g/mol. The highest BCUT2D eigenvalue weighted by atomic mass is 79.9. The maximum absolute atomic E-state index is 12.3. The molecule has 0 unspecified atom stereocenters. The van der Waals surface area contributed by atoms with Crippen LogP contribution in [0.15, 0.2) is 51.9 Å². The Kier molecular flexibility index (Phi) is 5.46. The number of hydrogen-bond acceptors (Lipinski definition) is 6. The van der Waals surface area contributed by atoms with E-state index in [1.165, 1.54) is 7.11 Å². The molecule has 0 saturated heterocycles. The van der Waals surface area contributed by atoms with Gasteiger partial charge in [-0.1, -0.05) is 22.0 Å². The van der Waals surface area contributed by atoms with Gasteiger partial charge in [-0.15, -0.1) is 0 Å². The molecule has 0 amide bonds. The van der Waals surface area contributed by atoms with Crippen molar-refractivity contribution in [3.8, 4) is 11.5 Å². The van der Waals surface area contributed by atoms with Crippen LogP contribution in [0.1, 0.15) is 17.2 Å². The number of esters is 1. The maximum Gasteiger partial charge on any atom is 0.335 e. The molecule has 1 heterocycles. The zero-order chi connectivity index (χ0) is 18.7. The summed E-state index contributed by atoms with van der Waals surface area (Å²) in [6.45, 7) is 0. The van der Waals surface area contributed by atoms with Crippen molar-refractivity contribution in [3.63, 3.8) is 0 Å². The molecule has 2 aromatic rings. The molecule has 26 heavy (non-hydrogen) atoms. The average molecular weight is 420 g/mol. The Morgan fingerprint density at radius 1 is 1.08 bits per heavy atom. The van der Waals surface area contributed by atoms with E-state index in [9.17, 15) is 4.79 Å². The fourth-order valence-corrected chi connectivity index (χ4v) is 3.34. The highest BCUT2D eigenvalue weighted by molar-refractivity contribution is 9.10. The molecular weight excluding hydrogens is 402 g/mol. The van der Waals surface area contributed by atoms with Gasteiger partial charge in [0.1, 0.15) is 11.5 Å². The third kappa shape index (κ3) is 3.39. The van der Waals surface area contributed by atoms with E-state index in [-0.39, 0.29) is 0 Å². The molecule has 2 atom stereocenters. The quantitative estimate of drug-likeness (QED) is 0.693. The zero-order valence-corrected chi connectivity index (χ0v) is 16.1. The van der Waals surface area contributed by atoms with Gasteiger partial charge in [0.25, 0.3) is 0 Å². The molecule has 1 aliphatic rings. The first-order valence-electron chi connectivity index (χ1n) is 7.88. The van der Waals surface area contributed by atoms with Crippen LogP contribution in [0.5, 0.6) is 11.5 Å². The van der Waals surface area contributed by atoms with Crippen molar-refractivity contribution in [1.82, 2.24) is 0 Å². The average Bonchev–Trinajstić information content (AvgIpc) is 3.12. The van der Waals surface area contributed by atoms with Crippen molar-refractivity contribution in [2.24, 2.45) is 4.99 Å². The van der Waals surface area contributed by atoms with Crippen molar-refractivity contribution < 1.29 is 23.7 Å². The molecular formula is C19H18BrNO5. The van der Waals surface area contributed by atoms with Crippen LogP contribution in [0.4, 0.5) is 0 Å². The minimum absolute atomic E-state index is 0.367. The van der Waals surface area contributed by atoms with E-state index in [1.54, 1.807) is 26.4 Å². The number of benzene rings is 2. The molecule has 0 radical (unpaired) electrons. The Labute approximate surface area is 159 Å². The van der Waals surface area contributed by atoms with E-state index < -0.39 is 18.1 Å². The van der Waals surface area contributed by atoms with Gasteiger partial charge in [0.2, 0.25) is 5.90 Å². The normalized spacial score (nSPS) is 18.7. The number of carbonyl (C=O) groups is 1. The highest BCUT2D eigenvalue weighted by Gasteiger charge is 2.41. The maximum atomic E-state index is 12.3. The summed E-state index contributed by atoms with van der Waals surface area (Å²) in [5.74, 6) is 1.22. The molecule has 6 nitrogen and oxygen atoms in total. The number of methoxy groups -OCH3 is 3. The summed E-state index contributed by atoms with van der Waals surface area (Å²) in [6, 6.07) is 12.0. The lowest BCUT2D eigenvalue weighted by Gasteiger charge is -2.20. The van der Waals surface area contributed by atoms with Crippen molar-refractivity contribution in [3.05, 3.63) is 58.1 Å². The predicted molar refractivity (Wildman–Crippen MR) is 99.9 cm³/mol. The highest BCUT2D eigenvalue weighted by Crippen LogP contribution is 2.40. The number of nitrogens with zero attached hydrogens (tertiary/aromatic N) is 1. The Bertz CT molecular complexity index is 834. The molecule has 136 valence electrons. The molecule has 2 aromatic carbocycles. The lowest BCUT2D eigenvalue weighted by atomic mass is 10.0. The minimum atomic E-state index is -0.829. The molecule has 0 aromatic heterocycles. The summed E-state index contributed by atoms with van der Waals surface area (Å²) in [5.41, 5.74) is 1.45. The van der Waals surface area contributed by atoms with Gasteiger partial charge in [-0.25, -0.2) is 9.79 Å². The molecule has 3 rings (SSSR count). The number of carbonyl (C=O) groups excluding carboxylic acids is 1. The van der Waals surface area contributed by atoms with Crippen molar-refractivity contribution in [1.29, 1.82) is 0 Å². The van der Waals surface area contributed by atoms with Crippen LogP contribution in [-0.4, -0.2) is 39.2 Å². The fourth-order valence-electron chi connectivity index (χ4n) is 2.77. The number of aliphatic imine (C=N–C) groups is 1. The summed E-state index contributed by atoms with van der Waals surface area (Å²) in [7, 11) is 4.50. The molecule has 7 heteroatoms. The van der Waals surface area contributed by atoms with Crippen molar-refractivity contribution >= 4 is 27.8 Å². The van der Waals surface area contributed by atoms with Crippen LogP contribution in [-0.2, 0) is 14.3 Å². The Balaban J connectivity index is 2.01. The fraction of sp³-hybridized carbons (Fsp3) is 0.263. The van der Waals surface area contributed by atoms with Gasteiger partial charge < -0.3 is 18.9 Å². The predicted octanol–water partition coefficient (Wildman–Crippen LogP) is 3.53. The molecule has 0 spiro atoms. The zero-order valence-electron chi connectivity index (χ0n) is 14.6. The van der Waals surface area contributed by atoms with E-state index >= 15 is 0 Å². The number of ether oxygens (including phenoxy) is 4. The number of hydrogen-bond donors (Lipinski definition) is 0. The first kappa shape index (κ1) is 18.3.